The predicted octanol–water partition coefficient (Wildman–Crippen LogP) is 3.47. The predicted molar refractivity (Wildman–Crippen MR) is 72.5 cm³/mol. The zero-order chi connectivity index (χ0) is 15.4. The molecule has 2 rings (SSSR count). The lowest BCUT2D eigenvalue weighted by atomic mass is 10.1. The van der Waals surface area contributed by atoms with E-state index < -0.39 is 29.5 Å². The Labute approximate surface area is 123 Å². The van der Waals surface area contributed by atoms with Gasteiger partial charge in [-0.3, -0.25) is 4.79 Å². The summed E-state index contributed by atoms with van der Waals surface area (Å²) in [7, 11) is 0. The van der Waals surface area contributed by atoms with Gasteiger partial charge in [-0.05, 0) is 29.1 Å². The van der Waals surface area contributed by atoms with E-state index in [4.69, 9.17) is 5.11 Å². The molecule has 0 saturated heterocycles. The Balaban J connectivity index is 2.10. The van der Waals surface area contributed by atoms with Gasteiger partial charge in [-0.15, -0.1) is 11.3 Å². The van der Waals surface area contributed by atoms with E-state index in [9.17, 15) is 18.0 Å². The normalized spacial score (nSPS) is 12.3. The summed E-state index contributed by atoms with van der Waals surface area (Å²) in [6, 6.07) is 4.86. The number of hydrogen-bond acceptors (Lipinski definition) is 3. The fourth-order valence-corrected chi connectivity index (χ4v) is 2.69. The Morgan fingerprint density at radius 3 is 2.48 bits per heavy atom. The molecule has 0 bridgehead atoms. The molecule has 0 spiro atoms. The van der Waals surface area contributed by atoms with Crippen molar-refractivity contribution in [2.24, 2.45) is 0 Å². The summed E-state index contributed by atoms with van der Waals surface area (Å²) in [6.45, 7) is 0.0317. The third-order valence-corrected chi connectivity index (χ3v) is 3.85. The van der Waals surface area contributed by atoms with E-state index in [0.29, 0.717) is 0 Å². The average Bonchev–Trinajstić information content (AvgIpc) is 2.94. The van der Waals surface area contributed by atoms with Crippen molar-refractivity contribution in [2.45, 2.75) is 19.0 Å². The summed E-state index contributed by atoms with van der Waals surface area (Å²) < 4.78 is 39.1. The molecular weight excluding hydrogens is 303 g/mol. The Kier molecular flexibility index (Phi) is 4.98. The highest BCUT2D eigenvalue weighted by atomic mass is 32.1. The van der Waals surface area contributed by atoms with E-state index >= 15 is 0 Å². The number of carboxylic acid groups (broad SMARTS) is 1. The Bertz CT molecular complexity index is 608. The molecule has 0 aliphatic heterocycles. The van der Waals surface area contributed by atoms with Crippen LogP contribution in [-0.4, -0.2) is 11.1 Å². The number of carboxylic acids is 1. The van der Waals surface area contributed by atoms with E-state index in [1.165, 1.54) is 11.3 Å². The zero-order valence-corrected chi connectivity index (χ0v) is 11.6. The molecule has 1 aromatic heterocycles. The number of aliphatic carboxylic acids is 1. The van der Waals surface area contributed by atoms with Crippen LogP contribution in [0.15, 0.2) is 29.6 Å². The van der Waals surface area contributed by atoms with Crippen molar-refractivity contribution in [3.8, 4) is 0 Å². The van der Waals surface area contributed by atoms with Crippen molar-refractivity contribution in [3.05, 3.63) is 57.5 Å². The largest absolute Gasteiger partial charge is 0.481 e. The molecule has 1 unspecified atom stereocenters. The minimum Gasteiger partial charge on any atom is -0.481 e. The van der Waals surface area contributed by atoms with Gasteiger partial charge in [-0.2, -0.15) is 0 Å². The molecule has 2 aromatic rings. The molecular formula is C14H12F3NO2S. The van der Waals surface area contributed by atoms with Crippen LogP contribution in [0, 0.1) is 17.5 Å². The van der Waals surface area contributed by atoms with E-state index in [1.807, 2.05) is 5.38 Å². The fourth-order valence-electron chi connectivity index (χ4n) is 1.89. The molecule has 0 fully saturated rings. The van der Waals surface area contributed by atoms with E-state index in [0.717, 1.165) is 17.0 Å². The van der Waals surface area contributed by atoms with Gasteiger partial charge in [-0.1, -0.05) is 6.07 Å². The zero-order valence-electron chi connectivity index (χ0n) is 10.8. The summed E-state index contributed by atoms with van der Waals surface area (Å²) in [5, 5.41) is 13.6. The monoisotopic (exact) mass is 315 g/mol. The van der Waals surface area contributed by atoms with Gasteiger partial charge in [-0.25, -0.2) is 13.2 Å². The second-order valence-corrected chi connectivity index (χ2v) is 5.40. The molecule has 0 amide bonds. The summed E-state index contributed by atoms with van der Waals surface area (Å²) >= 11 is 1.38. The van der Waals surface area contributed by atoms with Gasteiger partial charge >= 0.3 is 5.97 Å². The van der Waals surface area contributed by atoms with Crippen LogP contribution in [0.3, 0.4) is 0 Å². The second-order valence-electron chi connectivity index (χ2n) is 4.42. The maximum atomic E-state index is 13.1. The molecule has 3 nitrogen and oxygen atoms in total. The van der Waals surface area contributed by atoms with Crippen LogP contribution in [0.2, 0.25) is 0 Å². The number of rotatable bonds is 6. The Morgan fingerprint density at radius 1 is 1.29 bits per heavy atom. The lowest BCUT2D eigenvalue weighted by Gasteiger charge is -2.15. The molecule has 0 saturated carbocycles. The Morgan fingerprint density at radius 2 is 1.95 bits per heavy atom. The van der Waals surface area contributed by atoms with Gasteiger partial charge in [0.25, 0.3) is 0 Å². The first-order valence-corrected chi connectivity index (χ1v) is 6.97. The topological polar surface area (TPSA) is 49.3 Å². The lowest BCUT2D eigenvalue weighted by molar-refractivity contribution is -0.137. The van der Waals surface area contributed by atoms with Crippen LogP contribution in [0.1, 0.15) is 22.9 Å². The molecule has 0 aliphatic carbocycles. The van der Waals surface area contributed by atoms with Crippen molar-refractivity contribution in [2.75, 3.05) is 0 Å². The third-order valence-electron chi connectivity index (χ3n) is 2.86. The molecule has 1 aromatic carbocycles. The third kappa shape index (κ3) is 4.05. The maximum absolute atomic E-state index is 13.1. The first kappa shape index (κ1) is 15.5. The van der Waals surface area contributed by atoms with Gasteiger partial charge in [0.1, 0.15) is 0 Å². The van der Waals surface area contributed by atoms with Crippen LogP contribution in [0.5, 0.6) is 0 Å². The summed E-state index contributed by atoms with van der Waals surface area (Å²) in [4.78, 5) is 11.7. The summed E-state index contributed by atoms with van der Waals surface area (Å²) in [5.74, 6) is -5.04. The first-order chi connectivity index (χ1) is 9.97. The van der Waals surface area contributed by atoms with Crippen LogP contribution < -0.4 is 5.32 Å². The molecule has 1 atom stereocenters. The van der Waals surface area contributed by atoms with Crippen molar-refractivity contribution in [1.29, 1.82) is 0 Å². The smallest absolute Gasteiger partial charge is 0.305 e. The molecule has 0 aliphatic rings. The Hall–Kier alpha value is -1.86. The molecule has 2 N–H and O–H groups in total. The number of halogens is 3. The van der Waals surface area contributed by atoms with Crippen molar-refractivity contribution in [1.82, 2.24) is 5.32 Å². The number of carbonyl (C=O) groups is 1. The maximum Gasteiger partial charge on any atom is 0.305 e. The van der Waals surface area contributed by atoms with Crippen LogP contribution in [0.4, 0.5) is 13.2 Å². The highest BCUT2D eigenvalue weighted by molar-refractivity contribution is 7.10. The van der Waals surface area contributed by atoms with Gasteiger partial charge in [0.05, 0.1) is 12.5 Å². The molecule has 0 radical (unpaired) electrons. The highest BCUT2D eigenvalue weighted by Gasteiger charge is 2.17. The quantitative estimate of drug-likeness (QED) is 0.803. The van der Waals surface area contributed by atoms with Crippen LogP contribution in [0.25, 0.3) is 0 Å². The van der Waals surface area contributed by atoms with E-state index in [-0.39, 0.29) is 18.5 Å². The average molecular weight is 315 g/mol. The van der Waals surface area contributed by atoms with Crippen LogP contribution in [-0.2, 0) is 11.3 Å². The van der Waals surface area contributed by atoms with Crippen molar-refractivity contribution in [3.63, 3.8) is 0 Å². The standard InChI is InChI=1S/C14H12F3NO2S/c15-9-4-8(5-10(16)14(9)17)7-18-11(6-13(19)20)12-2-1-3-21-12/h1-5,11,18H,6-7H2,(H,19,20). The minimum absolute atomic E-state index is 0.0317. The number of benzene rings is 1. The SMILES string of the molecule is O=C(O)CC(NCc1cc(F)c(F)c(F)c1)c1cccs1. The number of thiophene rings is 1. The summed E-state index contributed by atoms with van der Waals surface area (Å²) in [6.07, 6.45) is -0.160. The minimum atomic E-state index is -1.51. The van der Waals surface area contributed by atoms with Crippen LogP contribution >= 0.6 is 11.3 Å². The van der Waals surface area contributed by atoms with E-state index in [1.54, 1.807) is 12.1 Å². The number of nitrogens with one attached hydrogen (secondary N) is 1. The highest BCUT2D eigenvalue weighted by Crippen LogP contribution is 2.23. The fraction of sp³-hybridized carbons (Fsp3) is 0.214. The van der Waals surface area contributed by atoms with Gasteiger partial charge < -0.3 is 10.4 Å². The lowest BCUT2D eigenvalue weighted by Crippen LogP contribution is -2.23. The number of hydrogen-bond donors (Lipinski definition) is 2. The van der Waals surface area contributed by atoms with Gasteiger partial charge in [0.15, 0.2) is 17.5 Å². The molecule has 21 heavy (non-hydrogen) atoms. The summed E-state index contributed by atoms with van der Waals surface area (Å²) in [5.41, 5.74) is 0.207. The second kappa shape index (κ2) is 6.73. The molecule has 1 heterocycles. The van der Waals surface area contributed by atoms with E-state index in [2.05, 4.69) is 5.32 Å². The molecule has 112 valence electrons. The van der Waals surface area contributed by atoms with Crippen molar-refractivity contribution >= 4 is 17.3 Å². The van der Waals surface area contributed by atoms with Gasteiger partial charge in [0, 0.05) is 11.4 Å². The van der Waals surface area contributed by atoms with Crippen molar-refractivity contribution < 1.29 is 23.1 Å². The molecule has 7 heteroatoms. The first-order valence-electron chi connectivity index (χ1n) is 6.09. The van der Waals surface area contributed by atoms with Gasteiger partial charge in [0.2, 0.25) is 0 Å².